The number of rotatable bonds is 8. The van der Waals surface area contributed by atoms with Gasteiger partial charge in [0, 0.05) is 12.5 Å². The van der Waals surface area contributed by atoms with Gasteiger partial charge in [-0.25, -0.2) is 0 Å². The fraction of sp³-hybridized carbons (Fsp3) is 0.900. The van der Waals surface area contributed by atoms with Gasteiger partial charge in [-0.3, -0.25) is 0 Å². The van der Waals surface area contributed by atoms with Gasteiger partial charge in [-0.2, -0.15) is 11.8 Å². The van der Waals surface area contributed by atoms with Crippen molar-refractivity contribution < 1.29 is 5.21 Å². The zero-order valence-corrected chi connectivity index (χ0v) is 10.8. The summed E-state index contributed by atoms with van der Waals surface area (Å²) in [6, 6.07) is 0.602. The third-order valence-electron chi connectivity index (χ3n) is 2.56. The molecule has 0 fully saturated rings. The first-order chi connectivity index (χ1) is 7.11. The summed E-state index contributed by atoms with van der Waals surface area (Å²) < 4.78 is 0. The maximum atomic E-state index is 8.37. The van der Waals surface area contributed by atoms with Crippen molar-refractivity contribution in [2.45, 2.75) is 32.2 Å². The monoisotopic (exact) mass is 233 g/mol. The molecule has 0 aliphatic rings. The number of nitrogens with zero attached hydrogens (tertiary/aromatic N) is 2. The summed E-state index contributed by atoms with van der Waals surface area (Å²) in [6.45, 7) is 3.23. The Morgan fingerprint density at radius 1 is 1.60 bits per heavy atom. The second kappa shape index (κ2) is 8.85. The van der Waals surface area contributed by atoms with E-state index in [4.69, 9.17) is 10.9 Å². The van der Waals surface area contributed by atoms with Gasteiger partial charge in [0.1, 0.15) is 5.84 Å². The molecular weight excluding hydrogens is 210 g/mol. The van der Waals surface area contributed by atoms with E-state index in [9.17, 15) is 0 Å². The van der Waals surface area contributed by atoms with Gasteiger partial charge in [-0.15, -0.1) is 0 Å². The molecule has 0 aliphatic carbocycles. The van der Waals surface area contributed by atoms with Crippen molar-refractivity contribution in [1.82, 2.24) is 4.90 Å². The minimum Gasteiger partial charge on any atom is -0.409 e. The highest BCUT2D eigenvalue weighted by molar-refractivity contribution is 7.98. The minimum atomic E-state index is 0.320. The summed E-state index contributed by atoms with van der Waals surface area (Å²) in [7, 11) is 2.12. The predicted octanol–water partition coefficient (Wildman–Crippen LogP) is 1.59. The largest absolute Gasteiger partial charge is 0.409 e. The van der Waals surface area contributed by atoms with Crippen molar-refractivity contribution in [1.29, 1.82) is 0 Å². The third kappa shape index (κ3) is 7.50. The van der Waals surface area contributed by atoms with Gasteiger partial charge in [0.05, 0.1) is 0 Å². The van der Waals surface area contributed by atoms with Gasteiger partial charge < -0.3 is 15.8 Å². The van der Waals surface area contributed by atoms with E-state index in [0.29, 0.717) is 18.3 Å². The van der Waals surface area contributed by atoms with Crippen molar-refractivity contribution in [3.8, 4) is 0 Å². The minimum absolute atomic E-state index is 0.320. The molecule has 5 heteroatoms. The second-order valence-corrected chi connectivity index (χ2v) is 4.79. The summed E-state index contributed by atoms with van der Waals surface area (Å²) in [4.78, 5) is 2.32. The van der Waals surface area contributed by atoms with E-state index in [1.165, 1.54) is 12.2 Å². The van der Waals surface area contributed by atoms with E-state index in [-0.39, 0.29) is 0 Å². The van der Waals surface area contributed by atoms with Crippen molar-refractivity contribution in [3.63, 3.8) is 0 Å². The maximum absolute atomic E-state index is 8.37. The molecule has 0 spiro atoms. The van der Waals surface area contributed by atoms with E-state index < -0.39 is 0 Å². The van der Waals surface area contributed by atoms with Gasteiger partial charge in [0.25, 0.3) is 0 Å². The summed E-state index contributed by atoms with van der Waals surface area (Å²) >= 11 is 1.88. The molecule has 3 N–H and O–H groups in total. The zero-order chi connectivity index (χ0) is 11.7. The summed E-state index contributed by atoms with van der Waals surface area (Å²) in [5.74, 6) is 1.52. The summed E-state index contributed by atoms with van der Waals surface area (Å²) in [5.41, 5.74) is 5.39. The molecule has 4 nitrogen and oxygen atoms in total. The van der Waals surface area contributed by atoms with E-state index >= 15 is 0 Å². The lowest BCUT2D eigenvalue weighted by Gasteiger charge is -2.24. The number of amidine groups is 1. The van der Waals surface area contributed by atoms with Crippen LogP contribution in [0.2, 0.25) is 0 Å². The van der Waals surface area contributed by atoms with Gasteiger partial charge in [0.15, 0.2) is 0 Å². The van der Waals surface area contributed by atoms with Gasteiger partial charge in [0.2, 0.25) is 0 Å². The Bertz CT molecular complexity index is 188. The first kappa shape index (κ1) is 14.6. The quantitative estimate of drug-likeness (QED) is 0.289. The van der Waals surface area contributed by atoms with Crippen LogP contribution in [0.5, 0.6) is 0 Å². The van der Waals surface area contributed by atoms with Crippen molar-refractivity contribution in [2.75, 3.05) is 25.6 Å². The molecule has 0 bridgehead atoms. The van der Waals surface area contributed by atoms with Crippen LogP contribution >= 0.6 is 11.8 Å². The first-order valence-electron chi connectivity index (χ1n) is 5.27. The molecule has 0 aromatic rings. The maximum Gasteiger partial charge on any atom is 0.139 e. The molecule has 0 amide bonds. The van der Waals surface area contributed by atoms with Crippen LogP contribution < -0.4 is 5.73 Å². The molecule has 0 aromatic heterocycles. The molecule has 0 aromatic carbocycles. The van der Waals surface area contributed by atoms with Crippen LogP contribution in [-0.4, -0.2) is 47.6 Å². The van der Waals surface area contributed by atoms with Crippen LogP contribution in [0.25, 0.3) is 0 Å². The van der Waals surface area contributed by atoms with Crippen molar-refractivity contribution in [2.24, 2.45) is 10.9 Å². The molecule has 0 rings (SSSR count). The fourth-order valence-electron chi connectivity index (χ4n) is 1.29. The Morgan fingerprint density at radius 3 is 2.80 bits per heavy atom. The number of hydrogen-bond donors (Lipinski definition) is 2. The van der Waals surface area contributed by atoms with Crippen LogP contribution in [0, 0.1) is 0 Å². The normalized spacial score (nSPS) is 14.5. The number of thioether (sulfide) groups is 1. The summed E-state index contributed by atoms with van der Waals surface area (Å²) in [6.07, 6.45) is 4.94. The number of hydrogen-bond acceptors (Lipinski definition) is 4. The Balaban J connectivity index is 3.59. The highest BCUT2D eigenvalue weighted by atomic mass is 32.2. The molecular formula is C10H23N3OS. The number of oxime groups is 1. The van der Waals surface area contributed by atoms with E-state index in [2.05, 4.69) is 30.3 Å². The lowest BCUT2D eigenvalue weighted by Crippen LogP contribution is -2.31. The van der Waals surface area contributed by atoms with E-state index in [0.717, 1.165) is 13.0 Å². The predicted molar refractivity (Wildman–Crippen MR) is 67.7 cm³/mol. The van der Waals surface area contributed by atoms with Crippen molar-refractivity contribution >= 4 is 17.6 Å². The highest BCUT2D eigenvalue weighted by Crippen LogP contribution is 2.06. The molecule has 15 heavy (non-hydrogen) atoms. The molecule has 90 valence electrons. The highest BCUT2D eigenvalue weighted by Gasteiger charge is 2.08. The average molecular weight is 233 g/mol. The Hall–Kier alpha value is -0.420. The van der Waals surface area contributed by atoms with Crippen LogP contribution in [0.4, 0.5) is 0 Å². The summed E-state index contributed by atoms with van der Waals surface area (Å²) in [5, 5.41) is 11.3. The lowest BCUT2D eigenvalue weighted by atomic mass is 10.2. The molecule has 0 radical (unpaired) electrons. The van der Waals surface area contributed by atoms with Gasteiger partial charge in [-0.05, 0) is 45.4 Å². The van der Waals surface area contributed by atoms with Crippen LogP contribution in [-0.2, 0) is 0 Å². The SMILES string of the molecule is CSCCC(C)N(C)CCCC(N)=NO. The standard InChI is InChI=1S/C10H23N3OS/c1-9(6-8-15-3)13(2)7-4-5-10(11)12-14/h9,14H,4-8H2,1-3H3,(H2,11,12). The Morgan fingerprint density at radius 2 is 2.27 bits per heavy atom. The molecule has 1 unspecified atom stereocenters. The van der Waals surface area contributed by atoms with Crippen LogP contribution in [0.1, 0.15) is 26.2 Å². The fourth-order valence-corrected chi connectivity index (χ4v) is 1.87. The van der Waals surface area contributed by atoms with Crippen LogP contribution in [0.3, 0.4) is 0 Å². The van der Waals surface area contributed by atoms with E-state index in [1.54, 1.807) is 0 Å². The molecule has 0 aliphatic heterocycles. The van der Waals surface area contributed by atoms with Gasteiger partial charge in [-0.1, -0.05) is 5.16 Å². The Labute approximate surface area is 96.9 Å². The van der Waals surface area contributed by atoms with Gasteiger partial charge >= 0.3 is 0 Å². The number of nitrogens with two attached hydrogens (primary N) is 1. The molecule has 0 saturated heterocycles. The molecule has 0 saturated carbocycles. The van der Waals surface area contributed by atoms with E-state index in [1.807, 2.05) is 11.8 Å². The first-order valence-corrected chi connectivity index (χ1v) is 6.66. The molecule has 1 atom stereocenters. The average Bonchev–Trinajstić information content (AvgIpc) is 2.25. The lowest BCUT2D eigenvalue weighted by molar-refractivity contribution is 0.251. The smallest absolute Gasteiger partial charge is 0.139 e. The zero-order valence-electron chi connectivity index (χ0n) is 9.94. The Kier molecular flexibility index (Phi) is 8.61. The molecule has 0 heterocycles. The third-order valence-corrected chi connectivity index (χ3v) is 3.21. The second-order valence-electron chi connectivity index (χ2n) is 3.81. The van der Waals surface area contributed by atoms with Crippen LogP contribution in [0.15, 0.2) is 5.16 Å². The van der Waals surface area contributed by atoms with Crippen molar-refractivity contribution in [3.05, 3.63) is 0 Å². The topological polar surface area (TPSA) is 61.8 Å².